The van der Waals surface area contributed by atoms with E-state index in [1.165, 1.54) is 24.3 Å². The average molecular weight is 368 g/mol. The molecule has 0 bridgehead atoms. The normalized spacial score (nSPS) is 14.8. The van der Waals surface area contributed by atoms with Crippen molar-refractivity contribution in [2.24, 2.45) is 5.92 Å². The number of likely N-dealkylation sites (tertiary alicyclic amines) is 1. The van der Waals surface area contributed by atoms with Gasteiger partial charge in [-0.15, -0.1) is 0 Å². The van der Waals surface area contributed by atoms with Crippen LogP contribution < -0.4 is 0 Å². The molecule has 0 atom stereocenters. The second-order valence-corrected chi connectivity index (χ2v) is 6.91. The number of piperidine rings is 1. The Labute approximate surface area is 159 Å². The topological polar surface area (TPSA) is 40.6 Å². The Balaban J connectivity index is 1.56. The molecule has 3 rings (SSSR count). The SMILES string of the molecule is CCN(Cc1ccccc1)C(=O)C1CCN(C(=O)c2ccc(F)cc2)CC1. The van der Waals surface area contributed by atoms with E-state index < -0.39 is 0 Å². The molecule has 1 fully saturated rings. The average Bonchev–Trinajstić information content (AvgIpc) is 2.72. The van der Waals surface area contributed by atoms with Crippen LogP contribution in [0.3, 0.4) is 0 Å². The molecule has 1 aliphatic rings. The molecular formula is C22H25FN2O2. The van der Waals surface area contributed by atoms with Crippen molar-refractivity contribution in [1.82, 2.24) is 9.80 Å². The van der Waals surface area contributed by atoms with E-state index in [2.05, 4.69) is 0 Å². The number of halogens is 1. The molecule has 0 spiro atoms. The summed E-state index contributed by atoms with van der Waals surface area (Å²) in [5, 5.41) is 0. The van der Waals surface area contributed by atoms with Gasteiger partial charge in [-0.3, -0.25) is 9.59 Å². The first-order chi connectivity index (χ1) is 13.1. The van der Waals surface area contributed by atoms with E-state index in [9.17, 15) is 14.0 Å². The Bertz CT molecular complexity index is 769. The number of hydrogen-bond donors (Lipinski definition) is 0. The molecule has 0 saturated carbocycles. The van der Waals surface area contributed by atoms with Crippen molar-refractivity contribution in [2.75, 3.05) is 19.6 Å². The van der Waals surface area contributed by atoms with Gasteiger partial charge in [0.1, 0.15) is 5.82 Å². The number of amides is 2. The molecule has 0 aliphatic carbocycles. The molecule has 5 heteroatoms. The fourth-order valence-electron chi connectivity index (χ4n) is 3.51. The van der Waals surface area contributed by atoms with Gasteiger partial charge in [0.25, 0.3) is 5.91 Å². The molecule has 2 aromatic carbocycles. The van der Waals surface area contributed by atoms with E-state index in [1.54, 1.807) is 4.90 Å². The van der Waals surface area contributed by atoms with Crippen molar-refractivity contribution < 1.29 is 14.0 Å². The minimum Gasteiger partial charge on any atom is -0.339 e. The number of rotatable bonds is 5. The van der Waals surface area contributed by atoms with E-state index in [1.807, 2.05) is 42.2 Å². The Kier molecular flexibility index (Phi) is 6.22. The first-order valence-electron chi connectivity index (χ1n) is 9.46. The highest BCUT2D eigenvalue weighted by atomic mass is 19.1. The summed E-state index contributed by atoms with van der Waals surface area (Å²) in [4.78, 5) is 29.1. The highest BCUT2D eigenvalue weighted by Crippen LogP contribution is 2.22. The molecule has 0 radical (unpaired) electrons. The Morgan fingerprint density at radius 1 is 1.04 bits per heavy atom. The molecule has 1 aliphatic heterocycles. The van der Waals surface area contributed by atoms with Crippen LogP contribution in [0, 0.1) is 11.7 Å². The monoisotopic (exact) mass is 368 g/mol. The maximum Gasteiger partial charge on any atom is 0.253 e. The zero-order valence-corrected chi connectivity index (χ0v) is 15.6. The van der Waals surface area contributed by atoms with Crippen molar-refractivity contribution in [3.63, 3.8) is 0 Å². The van der Waals surface area contributed by atoms with Crippen molar-refractivity contribution in [3.8, 4) is 0 Å². The van der Waals surface area contributed by atoms with E-state index in [0.29, 0.717) is 44.6 Å². The second-order valence-electron chi connectivity index (χ2n) is 6.91. The molecule has 27 heavy (non-hydrogen) atoms. The maximum atomic E-state index is 13.0. The zero-order valence-electron chi connectivity index (χ0n) is 15.6. The summed E-state index contributed by atoms with van der Waals surface area (Å²) in [5.41, 5.74) is 1.61. The second kappa shape index (κ2) is 8.80. The third kappa shape index (κ3) is 4.73. The predicted molar refractivity (Wildman–Crippen MR) is 103 cm³/mol. The smallest absolute Gasteiger partial charge is 0.253 e. The maximum absolute atomic E-state index is 13.0. The van der Waals surface area contributed by atoms with Crippen LogP contribution in [0.15, 0.2) is 54.6 Å². The van der Waals surface area contributed by atoms with E-state index in [0.717, 1.165) is 5.56 Å². The minimum absolute atomic E-state index is 0.0501. The number of hydrogen-bond acceptors (Lipinski definition) is 2. The molecule has 1 saturated heterocycles. The van der Waals surface area contributed by atoms with Crippen LogP contribution in [0.5, 0.6) is 0 Å². The number of nitrogens with zero attached hydrogens (tertiary/aromatic N) is 2. The largest absolute Gasteiger partial charge is 0.339 e. The van der Waals surface area contributed by atoms with Gasteiger partial charge in [0, 0.05) is 37.7 Å². The van der Waals surface area contributed by atoms with Crippen LogP contribution in [0.4, 0.5) is 4.39 Å². The lowest BCUT2D eigenvalue weighted by Gasteiger charge is -2.34. The lowest BCUT2D eigenvalue weighted by atomic mass is 9.94. The minimum atomic E-state index is -0.353. The summed E-state index contributed by atoms with van der Waals surface area (Å²) in [6.45, 7) is 4.38. The molecule has 2 amide bonds. The van der Waals surface area contributed by atoms with Crippen molar-refractivity contribution >= 4 is 11.8 Å². The summed E-state index contributed by atoms with van der Waals surface area (Å²) >= 11 is 0. The van der Waals surface area contributed by atoms with E-state index in [4.69, 9.17) is 0 Å². The summed E-state index contributed by atoms with van der Waals surface area (Å²) in [6, 6.07) is 15.6. The number of carbonyl (C=O) groups excluding carboxylic acids is 2. The molecule has 0 N–H and O–H groups in total. The predicted octanol–water partition coefficient (Wildman–Crippen LogP) is 3.73. The standard InChI is InChI=1S/C22H25FN2O2/c1-2-24(16-17-6-4-3-5-7-17)21(26)19-12-14-25(15-13-19)22(27)18-8-10-20(23)11-9-18/h3-11,19H,2,12-16H2,1H3. The van der Waals surface area contributed by atoms with Gasteiger partial charge in [0.15, 0.2) is 0 Å². The molecule has 4 nitrogen and oxygen atoms in total. The molecular weight excluding hydrogens is 343 g/mol. The van der Waals surface area contributed by atoms with Crippen molar-refractivity contribution in [3.05, 3.63) is 71.5 Å². The van der Waals surface area contributed by atoms with Gasteiger partial charge in [-0.05, 0) is 49.6 Å². The number of carbonyl (C=O) groups is 2. The van der Waals surface area contributed by atoms with Gasteiger partial charge in [-0.1, -0.05) is 30.3 Å². The molecule has 2 aromatic rings. The fourth-order valence-corrected chi connectivity index (χ4v) is 3.51. The Hall–Kier alpha value is -2.69. The first kappa shape index (κ1) is 19.1. The highest BCUT2D eigenvalue weighted by Gasteiger charge is 2.30. The lowest BCUT2D eigenvalue weighted by Crippen LogP contribution is -2.44. The van der Waals surface area contributed by atoms with E-state index >= 15 is 0 Å². The lowest BCUT2D eigenvalue weighted by molar-refractivity contribution is -0.137. The van der Waals surface area contributed by atoms with Crippen LogP contribution in [0.1, 0.15) is 35.7 Å². The van der Waals surface area contributed by atoms with Crippen molar-refractivity contribution in [2.45, 2.75) is 26.3 Å². The van der Waals surface area contributed by atoms with Crippen LogP contribution >= 0.6 is 0 Å². The third-order valence-electron chi connectivity index (χ3n) is 5.13. The Morgan fingerprint density at radius 3 is 2.26 bits per heavy atom. The fraction of sp³-hybridized carbons (Fsp3) is 0.364. The summed E-state index contributed by atoms with van der Waals surface area (Å²) in [6.07, 6.45) is 1.33. The number of benzene rings is 2. The van der Waals surface area contributed by atoms with Gasteiger partial charge in [0.2, 0.25) is 5.91 Å². The van der Waals surface area contributed by atoms with E-state index in [-0.39, 0.29) is 23.5 Å². The molecule has 1 heterocycles. The molecule has 0 unspecified atom stereocenters. The molecule has 0 aromatic heterocycles. The zero-order chi connectivity index (χ0) is 19.2. The summed E-state index contributed by atoms with van der Waals surface area (Å²) in [7, 11) is 0. The molecule has 142 valence electrons. The van der Waals surface area contributed by atoms with Gasteiger partial charge >= 0.3 is 0 Å². The van der Waals surface area contributed by atoms with Gasteiger partial charge < -0.3 is 9.80 Å². The third-order valence-corrected chi connectivity index (χ3v) is 5.13. The Morgan fingerprint density at radius 2 is 1.67 bits per heavy atom. The quantitative estimate of drug-likeness (QED) is 0.807. The first-order valence-corrected chi connectivity index (χ1v) is 9.46. The van der Waals surface area contributed by atoms with Gasteiger partial charge in [0.05, 0.1) is 0 Å². The summed E-state index contributed by atoms with van der Waals surface area (Å²) < 4.78 is 13.0. The summed E-state index contributed by atoms with van der Waals surface area (Å²) in [5.74, 6) is -0.340. The van der Waals surface area contributed by atoms with Crippen LogP contribution in [-0.4, -0.2) is 41.2 Å². The van der Waals surface area contributed by atoms with Crippen LogP contribution in [0.25, 0.3) is 0 Å². The van der Waals surface area contributed by atoms with Crippen molar-refractivity contribution in [1.29, 1.82) is 0 Å². The van der Waals surface area contributed by atoms with Gasteiger partial charge in [-0.25, -0.2) is 4.39 Å². The highest BCUT2D eigenvalue weighted by molar-refractivity contribution is 5.94. The van der Waals surface area contributed by atoms with Crippen LogP contribution in [0.2, 0.25) is 0 Å². The van der Waals surface area contributed by atoms with Crippen LogP contribution in [-0.2, 0) is 11.3 Å². The van der Waals surface area contributed by atoms with Gasteiger partial charge in [-0.2, -0.15) is 0 Å².